The van der Waals surface area contributed by atoms with Gasteiger partial charge in [-0.05, 0) is 54.6 Å². The summed E-state index contributed by atoms with van der Waals surface area (Å²) in [5.41, 5.74) is 2.94. The van der Waals surface area contributed by atoms with E-state index in [0.29, 0.717) is 0 Å². The quantitative estimate of drug-likeness (QED) is 0.282. The maximum Gasteiger partial charge on any atom is 0.195 e. The van der Waals surface area contributed by atoms with Gasteiger partial charge in [-0.15, -0.1) is 11.3 Å². The van der Waals surface area contributed by atoms with E-state index >= 15 is 0 Å². The van der Waals surface area contributed by atoms with Crippen molar-refractivity contribution < 1.29 is 4.74 Å². The summed E-state index contributed by atoms with van der Waals surface area (Å²) < 4.78 is 8.10. The van der Waals surface area contributed by atoms with Gasteiger partial charge in [-0.2, -0.15) is 0 Å². The second-order valence-electron chi connectivity index (χ2n) is 6.98. The van der Waals surface area contributed by atoms with E-state index in [1.807, 2.05) is 84.9 Å². The Balaban J connectivity index is 1.64. The molecule has 29 heavy (non-hydrogen) atoms. The lowest BCUT2D eigenvalue weighted by Crippen LogP contribution is -2.16. The van der Waals surface area contributed by atoms with Crippen molar-refractivity contribution in [1.29, 1.82) is 0 Å². The standard InChI is InChI=1S/C25H15NO2S/c27-25-17-7-1-6-12-23(17)29-24-14-13-16(15-18(24)25)26-19-8-2-4-10-21(19)28-22-11-5-3-9-20(22)26/h1-15H. The largest absolute Gasteiger partial charge is 0.453 e. The van der Waals surface area contributed by atoms with Crippen LogP contribution in [-0.2, 0) is 0 Å². The zero-order chi connectivity index (χ0) is 19.4. The summed E-state index contributed by atoms with van der Waals surface area (Å²) in [7, 11) is 0. The van der Waals surface area contributed by atoms with Gasteiger partial charge in [-0.1, -0.05) is 36.4 Å². The van der Waals surface area contributed by atoms with Crippen molar-refractivity contribution >= 4 is 48.6 Å². The zero-order valence-corrected chi connectivity index (χ0v) is 16.1. The van der Waals surface area contributed by atoms with Gasteiger partial charge in [0.05, 0.1) is 11.4 Å². The maximum atomic E-state index is 13.2. The van der Waals surface area contributed by atoms with Crippen LogP contribution in [0.5, 0.6) is 11.5 Å². The predicted octanol–water partition coefficient (Wildman–Crippen LogP) is 6.99. The lowest BCUT2D eigenvalue weighted by molar-refractivity contribution is 0.477. The fourth-order valence-electron chi connectivity index (χ4n) is 3.91. The molecule has 6 rings (SSSR count). The van der Waals surface area contributed by atoms with Crippen molar-refractivity contribution in [1.82, 2.24) is 0 Å². The summed E-state index contributed by atoms with van der Waals surface area (Å²) in [5.74, 6) is 1.60. The maximum absolute atomic E-state index is 13.2. The van der Waals surface area contributed by atoms with Gasteiger partial charge >= 0.3 is 0 Å². The third kappa shape index (κ3) is 2.46. The van der Waals surface area contributed by atoms with E-state index in [4.69, 9.17) is 4.74 Å². The third-order valence-corrected chi connectivity index (χ3v) is 6.40. The van der Waals surface area contributed by atoms with Gasteiger partial charge in [0.15, 0.2) is 16.9 Å². The predicted molar refractivity (Wildman–Crippen MR) is 120 cm³/mol. The fourth-order valence-corrected chi connectivity index (χ4v) is 4.96. The zero-order valence-electron chi connectivity index (χ0n) is 15.3. The Morgan fingerprint density at radius 1 is 0.655 bits per heavy atom. The van der Waals surface area contributed by atoms with Crippen LogP contribution in [0.3, 0.4) is 0 Å². The van der Waals surface area contributed by atoms with Gasteiger partial charge < -0.3 is 9.64 Å². The first-order valence-electron chi connectivity index (χ1n) is 9.41. The van der Waals surface area contributed by atoms with Crippen LogP contribution in [0.15, 0.2) is 95.8 Å². The minimum Gasteiger partial charge on any atom is -0.453 e. The molecule has 3 nitrogen and oxygen atoms in total. The molecule has 1 aliphatic rings. The molecule has 0 amide bonds. The van der Waals surface area contributed by atoms with Gasteiger partial charge in [-0.25, -0.2) is 0 Å². The lowest BCUT2D eigenvalue weighted by atomic mass is 10.1. The Bertz CT molecular complexity index is 1430. The third-order valence-electron chi connectivity index (χ3n) is 5.25. The molecule has 0 saturated carbocycles. The highest BCUT2D eigenvalue weighted by atomic mass is 32.1. The van der Waals surface area contributed by atoms with Gasteiger partial charge in [-0.3, -0.25) is 4.79 Å². The Morgan fingerprint density at radius 2 is 1.28 bits per heavy atom. The number of para-hydroxylation sites is 4. The number of anilines is 3. The number of hydrogen-bond acceptors (Lipinski definition) is 4. The molecule has 1 aromatic heterocycles. The minimum absolute atomic E-state index is 0.0750. The molecule has 1 aliphatic heterocycles. The van der Waals surface area contributed by atoms with E-state index in [9.17, 15) is 4.79 Å². The summed E-state index contributed by atoms with van der Waals surface area (Å²) >= 11 is 1.65. The Morgan fingerprint density at radius 3 is 2.03 bits per heavy atom. The normalized spacial score (nSPS) is 12.5. The number of rotatable bonds is 1. The van der Waals surface area contributed by atoms with Crippen LogP contribution in [0.1, 0.15) is 0 Å². The highest BCUT2D eigenvalue weighted by Crippen LogP contribution is 2.50. The first-order chi connectivity index (χ1) is 14.3. The minimum atomic E-state index is 0.0750. The van der Waals surface area contributed by atoms with E-state index in [-0.39, 0.29) is 5.43 Å². The van der Waals surface area contributed by atoms with Crippen molar-refractivity contribution in [3.63, 3.8) is 0 Å². The average Bonchev–Trinajstić information content (AvgIpc) is 2.77. The summed E-state index contributed by atoms with van der Waals surface area (Å²) in [6.07, 6.45) is 0. The summed E-state index contributed by atoms with van der Waals surface area (Å²) in [6, 6.07) is 29.9. The van der Waals surface area contributed by atoms with Gasteiger partial charge in [0.25, 0.3) is 0 Å². The lowest BCUT2D eigenvalue weighted by Gasteiger charge is -2.32. The summed E-state index contributed by atoms with van der Waals surface area (Å²) in [4.78, 5) is 15.3. The first-order valence-corrected chi connectivity index (χ1v) is 10.2. The fraction of sp³-hybridized carbons (Fsp3) is 0. The van der Waals surface area contributed by atoms with Crippen molar-refractivity contribution in [3.8, 4) is 11.5 Å². The highest BCUT2D eigenvalue weighted by molar-refractivity contribution is 7.24. The number of nitrogens with zero attached hydrogens (tertiary/aromatic N) is 1. The average molecular weight is 393 g/mol. The molecule has 0 radical (unpaired) electrons. The molecule has 0 unspecified atom stereocenters. The Hall–Kier alpha value is -3.63. The second kappa shape index (κ2) is 6.19. The molecule has 4 aromatic carbocycles. The highest BCUT2D eigenvalue weighted by Gasteiger charge is 2.25. The van der Waals surface area contributed by atoms with Crippen LogP contribution < -0.4 is 15.1 Å². The molecule has 0 atom stereocenters. The van der Waals surface area contributed by atoms with E-state index in [1.165, 1.54) is 0 Å². The van der Waals surface area contributed by atoms with E-state index in [1.54, 1.807) is 11.3 Å². The van der Waals surface area contributed by atoms with Crippen LogP contribution in [0.2, 0.25) is 0 Å². The SMILES string of the molecule is O=c1c2ccccc2sc2ccc(N3c4ccccc4Oc4ccccc43)cc12. The molecule has 5 aromatic rings. The monoisotopic (exact) mass is 393 g/mol. The Labute approximate surface area is 171 Å². The molecule has 0 aliphatic carbocycles. The topological polar surface area (TPSA) is 29.5 Å². The van der Waals surface area contributed by atoms with Crippen LogP contribution in [0.4, 0.5) is 17.1 Å². The van der Waals surface area contributed by atoms with Gasteiger partial charge in [0, 0.05) is 25.9 Å². The van der Waals surface area contributed by atoms with E-state index in [2.05, 4.69) is 11.0 Å². The number of benzene rings is 4. The number of hydrogen-bond donors (Lipinski definition) is 0. The van der Waals surface area contributed by atoms with Crippen LogP contribution in [0.25, 0.3) is 20.2 Å². The molecule has 0 spiro atoms. The molecule has 0 bridgehead atoms. The smallest absolute Gasteiger partial charge is 0.195 e. The number of fused-ring (bicyclic) bond motifs is 4. The summed E-state index contributed by atoms with van der Waals surface area (Å²) in [6.45, 7) is 0. The molecule has 4 heteroatoms. The molecular formula is C25H15NO2S. The van der Waals surface area contributed by atoms with Gasteiger partial charge in [0.2, 0.25) is 0 Å². The van der Waals surface area contributed by atoms with E-state index < -0.39 is 0 Å². The van der Waals surface area contributed by atoms with Crippen molar-refractivity contribution in [2.24, 2.45) is 0 Å². The van der Waals surface area contributed by atoms with Crippen LogP contribution in [0, 0.1) is 0 Å². The molecular weight excluding hydrogens is 378 g/mol. The van der Waals surface area contributed by atoms with Gasteiger partial charge in [0.1, 0.15) is 0 Å². The van der Waals surface area contributed by atoms with E-state index in [0.717, 1.165) is 48.7 Å². The number of ether oxygens (including phenoxy) is 1. The van der Waals surface area contributed by atoms with Crippen molar-refractivity contribution in [2.75, 3.05) is 4.90 Å². The molecule has 0 saturated heterocycles. The molecule has 2 heterocycles. The molecule has 0 N–H and O–H groups in total. The van der Waals surface area contributed by atoms with Crippen molar-refractivity contribution in [2.45, 2.75) is 0 Å². The van der Waals surface area contributed by atoms with Crippen LogP contribution >= 0.6 is 11.3 Å². The molecule has 0 fully saturated rings. The first kappa shape index (κ1) is 16.3. The molecule has 138 valence electrons. The Kier molecular flexibility index (Phi) is 3.49. The van der Waals surface area contributed by atoms with Crippen molar-refractivity contribution in [3.05, 3.63) is 101 Å². The second-order valence-corrected chi connectivity index (χ2v) is 8.06. The van der Waals surface area contributed by atoms with Crippen LogP contribution in [-0.4, -0.2) is 0 Å². The summed E-state index contributed by atoms with van der Waals surface area (Å²) in [5, 5.41) is 1.51.